The van der Waals surface area contributed by atoms with E-state index < -0.39 is 6.04 Å². The number of rotatable bonds is 4. The lowest BCUT2D eigenvalue weighted by molar-refractivity contribution is -0.123. The molecule has 4 heterocycles. The summed E-state index contributed by atoms with van der Waals surface area (Å²) in [6.07, 6.45) is 4.21. The van der Waals surface area contributed by atoms with Gasteiger partial charge in [0.1, 0.15) is 23.6 Å². The fourth-order valence-corrected chi connectivity index (χ4v) is 5.24. The third-order valence-corrected chi connectivity index (χ3v) is 7.39. The van der Waals surface area contributed by atoms with Crippen molar-refractivity contribution in [2.75, 3.05) is 25.1 Å². The first-order chi connectivity index (χ1) is 17.9. The SMILES string of the molecule is CN1C(=O)[C@@H](N2CCc3c(nn(Cc4ccccc4)c3Cl)C2=O)COc2cc(-c3cnn(C)c3)ccc21. The number of benzene rings is 2. The minimum Gasteiger partial charge on any atom is -0.489 e. The Labute approximate surface area is 218 Å². The second-order valence-electron chi connectivity index (χ2n) is 9.32. The van der Waals surface area contributed by atoms with Gasteiger partial charge in [0.15, 0.2) is 5.69 Å². The van der Waals surface area contributed by atoms with Crippen LogP contribution in [0.2, 0.25) is 5.15 Å². The number of anilines is 1. The van der Waals surface area contributed by atoms with E-state index >= 15 is 0 Å². The number of halogens is 1. The summed E-state index contributed by atoms with van der Waals surface area (Å²) in [6.45, 7) is 0.863. The molecule has 0 saturated heterocycles. The average Bonchev–Trinajstić information content (AvgIpc) is 3.45. The summed E-state index contributed by atoms with van der Waals surface area (Å²) < 4.78 is 9.52. The Balaban J connectivity index is 1.26. The summed E-state index contributed by atoms with van der Waals surface area (Å²) in [5, 5.41) is 9.24. The lowest BCUT2D eigenvalue weighted by atomic mass is 10.0. The second kappa shape index (κ2) is 9.08. The molecule has 4 aromatic rings. The monoisotopic (exact) mass is 516 g/mol. The maximum Gasteiger partial charge on any atom is 0.275 e. The summed E-state index contributed by atoms with van der Waals surface area (Å²) in [5.41, 5.74) is 4.59. The second-order valence-corrected chi connectivity index (χ2v) is 9.68. The van der Waals surface area contributed by atoms with Crippen molar-refractivity contribution in [3.63, 3.8) is 0 Å². The molecule has 0 bridgehead atoms. The molecule has 10 heteroatoms. The van der Waals surface area contributed by atoms with Gasteiger partial charge < -0.3 is 14.5 Å². The summed E-state index contributed by atoms with van der Waals surface area (Å²) in [6, 6.07) is 14.7. The summed E-state index contributed by atoms with van der Waals surface area (Å²) in [7, 11) is 3.57. The Kier molecular flexibility index (Phi) is 5.72. The van der Waals surface area contributed by atoms with Crippen LogP contribution in [-0.4, -0.2) is 62.5 Å². The number of hydrogen-bond acceptors (Lipinski definition) is 5. The molecule has 0 radical (unpaired) electrons. The van der Waals surface area contributed by atoms with E-state index in [1.54, 1.807) is 32.4 Å². The molecule has 2 aromatic heterocycles. The topological polar surface area (TPSA) is 85.5 Å². The molecule has 2 aliphatic rings. The van der Waals surface area contributed by atoms with Crippen LogP contribution in [0.5, 0.6) is 5.75 Å². The number of ether oxygens (including phenoxy) is 1. The van der Waals surface area contributed by atoms with Gasteiger partial charge in [-0.3, -0.25) is 14.3 Å². The van der Waals surface area contributed by atoms with Crippen molar-refractivity contribution in [1.82, 2.24) is 24.5 Å². The van der Waals surface area contributed by atoms with Gasteiger partial charge in [-0.15, -0.1) is 0 Å². The highest BCUT2D eigenvalue weighted by molar-refractivity contribution is 6.31. The third-order valence-electron chi connectivity index (χ3n) is 6.97. The zero-order chi connectivity index (χ0) is 25.7. The largest absolute Gasteiger partial charge is 0.489 e. The maximum absolute atomic E-state index is 13.6. The molecule has 0 N–H and O–H groups in total. The van der Waals surface area contributed by atoms with Crippen LogP contribution in [0.4, 0.5) is 5.69 Å². The van der Waals surface area contributed by atoms with E-state index in [1.165, 1.54) is 0 Å². The van der Waals surface area contributed by atoms with E-state index in [-0.39, 0.29) is 18.4 Å². The number of aryl methyl sites for hydroxylation is 1. The van der Waals surface area contributed by atoms with E-state index in [4.69, 9.17) is 16.3 Å². The first-order valence-corrected chi connectivity index (χ1v) is 12.4. The molecule has 0 aliphatic carbocycles. The molecule has 2 aliphatic heterocycles. The Morgan fingerprint density at radius 2 is 1.89 bits per heavy atom. The quantitative estimate of drug-likeness (QED) is 0.415. The molecule has 9 nitrogen and oxygen atoms in total. The summed E-state index contributed by atoms with van der Waals surface area (Å²) in [4.78, 5) is 30.2. The van der Waals surface area contributed by atoms with Crippen LogP contribution in [0.15, 0.2) is 60.9 Å². The molecule has 2 aromatic carbocycles. The molecular formula is C27H25ClN6O3. The third kappa shape index (κ3) is 4.05. The molecule has 2 amide bonds. The molecule has 0 unspecified atom stereocenters. The standard InChI is InChI=1S/C27H25ClN6O3/c1-31-15-19(13-29-31)18-8-9-21-23(12-18)37-16-22(26(35)32(21)2)33-11-10-20-24(27(33)36)30-34(25(20)28)14-17-6-4-3-5-7-17/h3-9,12-13,15,22H,10-11,14,16H2,1-2H3/t22-/m0/s1. The van der Waals surface area contributed by atoms with Gasteiger partial charge in [0.05, 0.1) is 18.4 Å². The zero-order valence-corrected chi connectivity index (χ0v) is 21.2. The van der Waals surface area contributed by atoms with Crippen LogP contribution in [0, 0.1) is 0 Å². The van der Waals surface area contributed by atoms with Crippen molar-refractivity contribution in [3.05, 3.63) is 82.9 Å². The number of fused-ring (bicyclic) bond motifs is 2. The number of carbonyl (C=O) groups excluding carboxylic acids is 2. The average molecular weight is 517 g/mol. The minimum atomic E-state index is -0.780. The number of amides is 2. The summed E-state index contributed by atoms with van der Waals surface area (Å²) in [5.74, 6) is 0.0619. The zero-order valence-electron chi connectivity index (χ0n) is 20.5. The number of likely N-dealkylation sites (N-methyl/N-ethyl adjacent to an activating group) is 1. The molecule has 0 fully saturated rings. The summed E-state index contributed by atoms with van der Waals surface area (Å²) >= 11 is 6.62. The lowest BCUT2D eigenvalue weighted by Gasteiger charge is -2.33. The normalized spacial score (nSPS) is 17.3. The van der Waals surface area contributed by atoms with Crippen LogP contribution in [0.25, 0.3) is 11.1 Å². The van der Waals surface area contributed by atoms with Gasteiger partial charge in [0, 0.05) is 38.0 Å². The van der Waals surface area contributed by atoms with Crippen LogP contribution in [0.3, 0.4) is 0 Å². The smallest absolute Gasteiger partial charge is 0.275 e. The van der Waals surface area contributed by atoms with Crippen LogP contribution in [0.1, 0.15) is 21.6 Å². The van der Waals surface area contributed by atoms with E-state index in [0.717, 1.165) is 22.3 Å². The van der Waals surface area contributed by atoms with Crippen molar-refractivity contribution in [2.45, 2.75) is 19.0 Å². The van der Waals surface area contributed by atoms with Gasteiger partial charge in [-0.25, -0.2) is 4.68 Å². The molecule has 0 saturated carbocycles. The van der Waals surface area contributed by atoms with Crippen molar-refractivity contribution in [1.29, 1.82) is 0 Å². The fraction of sp³-hybridized carbons (Fsp3) is 0.259. The van der Waals surface area contributed by atoms with Crippen LogP contribution >= 0.6 is 11.6 Å². The Hall–Kier alpha value is -4.11. The highest BCUT2D eigenvalue weighted by Crippen LogP contribution is 2.36. The lowest BCUT2D eigenvalue weighted by Crippen LogP contribution is -2.54. The molecule has 37 heavy (non-hydrogen) atoms. The number of hydrogen-bond donors (Lipinski definition) is 0. The minimum absolute atomic E-state index is 0.0478. The van der Waals surface area contributed by atoms with Crippen molar-refractivity contribution in [2.24, 2.45) is 7.05 Å². The number of nitrogens with zero attached hydrogens (tertiary/aromatic N) is 6. The Morgan fingerprint density at radius 3 is 2.65 bits per heavy atom. The molecule has 0 spiro atoms. The predicted molar refractivity (Wildman–Crippen MR) is 139 cm³/mol. The van der Waals surface area contributed by atoms with Gasteiger partial charge >= 0.3 is 0 Å². The fourth-order valence-electron chi connectivity index (χ4n) is 4.96. The highest BCUT2D eigenvalue weighted by Gasteiger charge is 2.41. The highest BCUT2D eigenvalue weighted by atomic mass is 35.5. The first-order valence-electron chi connectivity index (χ1n) is 12.0. The molecule has 6 rings (SSSR count). The van der Waals surface area contributed by atoms with Crippen molar-refractivity contribution in [3.8, 4) is 16.9 Å². The van der Waals surface area contributed by atoms with Gasteiger partial charge in [-0.1, -0.05) is 48.0 Å². The molecule has 1 atom stereocenters. The first kappa shape index (κ1) is 23.3. The van der Waals surface area contributed by atoms with Crippen molar-refractivity contribution < 1.29 is 14.3 Å². The van der Waals surface area contributed by atoms with E-state index in [9.17, 15) is 9.59 Å². The number of aromatic nitrogens is 4. The van der Waals surface area contributed by atoms with Crippen molar-refractivity contribution >= 4 is 29.1 Å². The van der Waals surface area contributed by atoms with E-state index in [0.29, 0.717) is 41.8 Å². The van der Waals surface area contributed by atoms with Gasteiger partial charge in [0.2, 0.25) is 0 Å². The van der Waals surface area contributed by atoms with E-state index in [2.05, 4.69) is 10.2 Å². The Morgan fingerprint density at radius 1 is 1.08 bits per heavy atom. The van der Waals surface area contributed by atoms with Crippen LogP contribution < -0.4 is 9.64 Å². The van der Waals surface area contributed by atoms with E-state index in [1.807, 2.05) is 61.8 Å². The molecule has 188 valence electrons. The van der Waals surface area contributed by atoms with Gasteiger partial charge in [-0.05, 0) is 29.7 Å². The van der Waals surface area contributed by atoms with Gasteiger partial charge in [-0.2, -0.15) is 10.2 Å². The number of carbonyl (C=O) groups is 2. The Bertz CT molecular complexity index is 1510. The van der Waals surface area contributed by atoms with Gasteiger partial charge in [0.25, 0.3) is 11.8 Å². The molecular weight excluding hydrogens is 492 g/mol. The maximum atomic E-state index is 13.6. The van der Waals surface area contributed by atoms with Crippen LogP contribution in [-0.2, 0) is 24.8 Å². The predicted octanol–water partition coefficient (Wildman–Crippen LogP) is 3.41.